The second-order valence-corrected chi connectivity index (χ2v) is 5.70. The van der Waals surface area contributed by atoms with Crippen molar-refractivity contribution in [1.82, 2.24) is 19.5 Å². The SMILES string of the molecule is CN(CCCCOc1cc2ccccn2n1)Cc1ccncc1.Cl.Cl. The monoisotopic (exact) mass is 382 g/mol. The van der Waals surface area contributed by atoms with Crippen molar-refractivity contribution in [1.29, 1.82) is 0 Å². The van der Waals surface area contributed by atoms with Gasteiger partial charge in [0.15, 0.2) is 0 Å². The number of aromatic nitrogens is 3. The number of halogens is 2. The quantitative estimate of drug-likeness (QED) is 0.554. The smallest absolute Gasteiger partial charge is 0.233 e. The van der Waals surface area contributed by atoms with Gasteiger partial charge in [0.05, 0.1) is 12.1 Å². The van der Waals surface area contributed by atoms with Crippen LogP contribution in [0.2, 0.25) is 0 Å². The normalized spacial score (nSPS) is 10.3. The standard InChI is InChI=1S/C18H22N4O.2ClH/c1-21(15-16-7-9-19-10-8-16)11-4-5-13-23-18-14-17-6-2-3-12-22(17)20-18;;/h2-3,6-10,12,14H,4-5,11,13,15H2,1H3;2*1H. The average Bonchev–Trinajstić information content (AvgIpc) is 2.98. The number of ether oxygens (including phenoxy) is 1. The van der Waals surface area contributed by atoms with Crippen LogP contribution in [0.1, 0.15) is 18.4 Å². The van der Waals surface area contributed by atoms with Crippen LogP contribution >= 0.6 is 24.8 Å². The lowest BCUT2D eigenvalue weighted by molar-refractivity contribution is 0.269. The molecule has 0 aliphatic rings. The van der Waals surface area contributed by atoms with Gasteiger partial charge in [-0.25, -0.2) is 4.52 Å². The molecule has 5 nitrogen and oxygen atoms in total. The molecule has 25 heavy (non-hydrogen) atoms. The van der Waals surface area contributed by atoms with Crippen LogP contribution in [0.15, 0.2) is 55.0 Å². The first kappa shape index (κ1) is 21.2. The lowest BCUT2D eigenvalue weighted by atomic mass is 10.2. The second-order valence-electron chi connectivity index (χ2n) is 5.70. The Labute approximate surface area is 160 Å². The molecule has 0 saturated heterocycles. The summed E-state index contributed by atoms with van der Waals surface area (Å²) >= 11 is 0. The number of rotatable bonds is 8. The Morgan fingerprint density at radius 2 is 1.88 bits per heavy atom. The first-order valence-corrected chi connectivity index (χ1v) is 7.96. The van der Waals surface area contributed by atoms with Gasteiger partial charge >= 0.3 is 0 Å². The predicted octanol–water partition coefficient (Wildman–Crippen LogP) is 3.86. The molecule has 0 atom stereocenters. The molecule has 3 rings (SSSR count). The van der Waals surface area contributed by atoms with Crippen molar-refractivity contribution >= 4 is 30.3 Å². The molecule has 0 N–H and O–H groups in total. The van der Waals surface area contributed by atoms with Crippen molar-refractivity contribution < 1.29 is 4.74 Å². The molecule has 0 amide bonds. The zero-order chi connectivity index (χ0) is 15.9. The Morgan fingerprint density at radius 3 is 2.64 bits per heavy atom. The van der Waals surface area contributed by atoms with Gasteiger partial charge in [-0.2, -0.15) is 0 Å². The molecule has 3 heterocycles. The van der Waals surface area contributed by atoms with Gasteiger partial charge in [0.25, 0.3) is 0 Å². The van der Waals surface area contributed by atoms with Crippen molar-refractivity contribution in [2.24, 2.45) is 0 Å². The highest BCUT2D eigenvalue weighted by Crippen LogP contribution is 2.13. The van der Waals surface area contributed by atoms with E-state index in [1.54, 1.807) is 0 Å². The van der Waals surface area contributed by atoms with Crippen LogP contribution in [-0.2, 0) is 6.54 Å². The highest BCUT2D eigenvalue weighted by molar-refractivity contribution is 5.85. The Bertz CT molecular complexity index is 703. The first-order valence-electron chi connectivity index (χ1n) is 7.96. The van der Waals surface area contributed by atoms with E-state index in [1.165, 1.54) is 5.56 Å². The zero-order valence-electron chi connectivity index (χ0n) is 14.2. The van der Waals surface area contributed by atoms with Crippen LogP contribution in [0.5, 0.6) is 5.88 Å². The van der Waals surface area contributed by atoms with Gasteiger partial charge in [-0.1, -0.05) is 6.07 Å². The van der Waals surface area contributed by atoms with Crippen LogP contribution < -0.4 is 4.74 Å². The molecule has 0 aromatic carbocycles. The van der Waals surface area contributed by atoms with E-state index in [1.807, 2.05) is 47.4 Å². The molecule has 0 spiro atoms. The minimum Gasteiger partial charge on any atom is -0.477 e. The summed E-state index contributed by atoms with van der Waals surface area (Å²) in [6, 6.07) is 12.1. The van der Waals surface area contributed by atoms with Crippen molar-refractivity contribution in [3.63, 3.8) is 0 Å². The maximum atomic E-state index is 5.73. The third-order valence-corrected chi connectivity index (χ3v) is 3.73. The van der Waals surface area contributed by atoms with E-state index >= 15 is 0 Å². The summed E-state index contributed by atoms with van der Waals surface area (Å²) in [4.78, 5) is 6.36. The summed E-state index contributed by atoms with van der Waals surface area (Å²) in [6.07, 6.45) is 7.73. The molecule has 0 aliphatic heterocycles. The summed E-state index contributed by atoms with van der Waals surface area (Å²) in [5.74, 6) is 0.696. The van der Waals surface area contributed by atoms with Crippen LogP contribution in [0.4, 0.5) is 0 Å². The highest BCUT2D eigenvalue weighted by Gasteiger charge is 2.03. The summed E-state index contributed by atoms with van der Waals surface area (Å²) in [5.41, 5.74) is 2.35. The van der Waals surface area contributed by atoms with Gasteiger partial charge in [-0.15, -0.1) is 29.9 Å². The largest absolute Gasteiger partial charge is 0.477 e. The number of fused-ring (bicyclic) bond motifs is 1. The van der Waals surface area contributed by atoms with E-state index in [0.29, 0.717) is 12.5 Å². The van der Waals surface area contributed by atoms with Crippen LogP contribution in [0.3, 0.4) is 0 Å². The number of pyridine rings is 2. The Hall–Kier alpha value is -1.82. The number of nitrogens with zero attached hydrogens (tertiary/aromatic N) is 4. The van der Waals surface area contributed by atoms with Gasteiger partial charge < -0.3 is 9.64 Å². The summed E-state index contributed by atoms with van der Waals surface area (Å²) < 4.78 is 7.56. The first-order chi connectivity index (χ1) is 11.3. The maximum absolute atomic E-state index is 5.73. The van der Waals surface area contributed by atoms with E-state index in [2.05, 4.69) is 34.2 Å². The lowest BCUT2D eigenvalue weighted by Crippen LogP contribution is -2.19. The van der Waals surface area contributed by atoms with Gasteiger partial charge in [0, 0.05) is 31.2 Å². The summed E-state index contributed by atoms with van der Waals surface area (Å²) in [6.45, 7) is 2.71. The minimum absolute atomic E-state index is 0. The second kappa shape index (κ2) is 10.9. The number of unbranched alkanes of at least 4 members (excludes halogenated alkanes) is 1. The van der Waals surface area contributed by atoms with E-state index in [-0.39, 0.29) is 24.8 Å². The van der Waals surface area contributed by atoms with E-state index in [0.717, 1.165) is 31.4 Å². The van der Waals surface area contributed by atoms with Crippen molar-refractivity contribution in [3.05, 3.63) is 60.6 Å². The molecule has 0 bridgehead atoms. The molecular weight excluding hydrogens is 359 g/mol. The number of hydrogen-bond acceptors (Lipinski definition) is 4. The van der Waals surface area contributed by atoms with Crippen molar-refractivity contribution in [2.75, 3.05) is 20.2 Å². The van der Waals surface area contributed by atoms with E-state index in [4.69, 9.17) is 4.74 Å². The predicted molar refractivity (Wildman–Crippen MR) is 105 cm³/mol. The molecule has 0 unspecified atom stereocenters. The minimum atomic E-state index is 0. The molecule has 0 aliphatic carbocycles. The highest BCUT2D eigenvalue weighted by atomic mass is 35.5. The molecule has 7 heteroatoms. The maximum Gasteiger partial charge on any atom is 0.233 e. The van der Waals surface area contributed by atoms with Crippen LogP contribution in [0.25, 0.3) is 5.52 Å². The Kier molecular flexibility index (Phi) is 9.27. The van der Waals surface area contributed by atoms with Crippen molar-refractivity contribution in [3.8, 4) is 5.88 Å². The molecular formula is C18H24Cl2N4O. The molecule has 0 fully saturated rings. The number of hydrogen-bond donors (Lipinski definition) is 0. The molecule has 3 aromatic heterocycles. The topological polar surface area (TPSA) is 42.7 Å². The van der Waals surface area contributed by atoms with Gasteiger partial charge in [-0.05, 0) is 56.3 Å². The molecule has 3 aromatic rings. The van der Waals surface area contributed by atoms with Crippen LogP contribution in [0, 0.1) is 0 Å². The Balaban J connectivity index is 0.00000156. The van der Waals surface area contributed by atoms with E-state index < -0.39 is 0 Å². The molecule has 0 radical (unpaired) electrons. The van der Waals surface area contributed by atoms with Gasteiger partial charge in [0.2, 0.25) is 5.88 Å². The fourth-order valence-electron chi connectivity index (χ4n) is 2.52. The van der Waals surface area contributed by atoms with Gasteiger partial charge in [0.1, 0.15) is 0 Å². The summed E-state index contributed by atoms with van der Waals surface area (Å²) in [5, 5.41) is 4.38. The zero-order valence-corrected chi connectivity index (χ0v) is 15.9. The van der Waals surface area contributed by atoms with Crippen LogP contribution in [-0.4, -0.2) is 39.7 Å². The Morgan fingerprint density at radius 1 is 1.08 bits per heavy atom. The third-order valence-electron chi connectivity index (χ3n) is 3.73. The lowest BCUT2D eigenvalue weighted by Gasteiger charge is -2.16. The molecule has 0 saturated carbocycles. The van der Waals surface area contributed by atoms with E-state index in [9.17, 15) is 0 Å². The fraction of sp³-hybridized carbons (Fsp3) is 0.333. The molecule has 136 valence electrons. The van der Waals surface area contributed by atoms with Gasteiger partial charge in [-0.3, -0.25) is 4.98 Å². The summed E-state index contributed by atoms with van der Waals surface area (Å²) in [7, 11) is 2.14. The average molecular weight is 383 g/mol. The third kappa shape index (κ3) is 6.53. The fourth-order valence-corrected chi connectivity index (χ4v) is 2.52. The van der Waals surface area contributed by atoms with Crippen molar-refractivity contribution in [2.45, 2.75) is 19.4 Å².